The van der Waals surface area contributed by atoms with E-state index in [0.29, 0.717) is 6.04 Å². The van der Waals surface area contributed by atoms with Gasteiger partial charge >= 0.3 is 0 Å². The molecule has 0 aromatic heterocycles. The first-order valence-corrected chi connectivity index (χ1v) is 8.68. The number of aliphatic hydroxyl groups excluding tert-OH is 1. The Hall–Kier alpha value is -0.610. The number of likely N-dealkylation sites (tertiary alicyclic amines) is 1. The molecular weight excluding hydrogens is 296 g/mol. The molecule has 1 aromatic carbocycles. The zero-order chi connectivity index (χ0) is 16.0. The zero-order valence-corrected chi connectivity index (χ0v) is 14.6. The SMILES string of the molecule is CC(C)(CCO)CNC1CCN(Cc2ccccc2Cl)CC1. The average molecular weight is 325 g/mol. The van der Waals surface area contributed by atoms with Crippen molar-refractivity contribution in [3.05, 3.63) is 34.9 Å². The van der Waals surface area contributed by atoms with Gasteiger partial charge in [-0.1, -0.05) is 43.6 Å². The highest BCUT2D eigenvalue weighted by atomic mass is 35.5. The lowest BCUT2D eigenvalue weighted by atomic mass is 9.89. The second kappa shape index (κ2) is 8.30. The molecule has 0 aliphatic carbocycles. The van der Waals surface area contributed by atoms with Crippen molar-refractivity contribution in [2.45, 2.75) is 45.7 Å². The van der Waals surface area contributed by atoms with Crippen LogP contribution >= 0.6 is 11.6 Å². The summed E-state index contributed by atoms with van der Waals surface area (Å²) in [6, 6.07) is 8.72. The Labute approximate surface area is 139 Å². The topological polar surface area (TPSA) is 35.5 Å². The number of halogens is 1. The van der Waals surface area contributed by atoms with Crippen LogP contribution in [0.25, 0.3) is 0 Å². The van der Waals surface area contributed by atoms with E-state index in [-0.39, 0.29) is 12.0 Å². The van der Waals surface area contributed by atoms with E-state index in [0.717, 1.165) is 37.6 Å². The van der Waals surface area contributed by atoms with Gasteiger partial charge in [0.25, 0.3) is 0 Å². The molecule has 1 aliphatic rings. The lowest BCUT2D eigenvalue weighted by Crippen LogP contribution is -2.45. The molecule has 0 amide bonds. The first-order valence-electron chi connectivity index (χ1n) is 8.30. The number of rotatable bonds is 7. The molecule has 124 valence electrons. The molecule has 22 heavy (non-hydrogen) atoms. The van der Waals surface area contributed by atoms with Gasteiger partial charge in [-0.3, -0.25) is 4.90 Å². The van der Waals surface area contributed by atoms with E-state index < -0.39 is 0 Å². The first kappa shape index (κ1) is 17.7. The molecule has 0 saturated carbocycles. The fourth-order valence-electron chi connectivity index (χ4n) is 2.97. The minimum Gasteiger partial charge on any atom is -0.396 e. The van der Waals surface area contributed by atoms with Crippen molar-refractivity contribution in [1.82, 2.24) is 10.2 Å². The van der Waals surface area contributed by atoms with Crippen LogP contribution in [0.3, 0.4) is 0 Å². The molecule has 0 unspecified atom stereocenters. The molecule has 0 atom stereocenters. The number of piperidine rings is 1. The molecule has 0 bridgehead atoms. The summed E-state index contributed by atoms with van der Waals surface area (Å²) < 4.78 is 0. The van der Waals surface area contributed by atoms with Crippen molar-refractivity contribution < 1.29 is 5.11 Å². The molecule has 2 N–H and O–H groups in total. The summed E-state index contributed by atoms with van der Waals surface area (Å²) in [5, 5.41) is 13.6. The van der Waals surface area contributed by atoms with Gasteiger partial charge < -0.3 is 10.4 Å². The Morgan fingerprint density at radius 1 is 1.27 bits per heavy atom. The molecular formula is C18H29ClN2O. The minimum atomic E-state index is 0.170. The average Bonchev–Trinajstić information content (AvgIpc) is 2.49. The van der Waals surface area contributed by atoms with Gasteiger partial charge in [0.1, 0.15) is 0 Å². The van der Waals surface area contributed by atoms with Crippen LogP contribution in [0.4, 0.5) is 0 Å². The third-order valence-corrected chi connectivity index (χ3v) is 4.97. The van der Waals surface area contributed by atoms with Gasteiger partial charge in [0.15, 0.2) is 0 Å². The highest BCUT2D eigenvalue weighted by Gasteiger charge is 2.23. The Morgan fingerprint density at radius 3 is 2.59 bits per heavy atom. The number of aliphatic hydroxyl groups is 1. The second-order valence-electron chi connectivity index (χ2n) is 7.16. The van der Waals surface area contributed by atoms with Crippen LogP contribution in [0.2, 0.25) is 5.02 Å². The quantitative estimate of drug-likeness (QED) is 0.807. The van der Waals surface area contributed by atoms with Gasteiger partial charge in [-0.25, -0.2) is 0 Å². The van der Waals surface area contributed by atoms with E-state index >= 15 is 0 Å². The maximum absolute atomic E-state index is 9.09. The highest BCUT2D eigenvalue weighted by Crippen LogP contribution is 2.22. The van der Waals surface area contributed by atoms with E-state index in [1.807, 2.05) is 12.1 Å². The Kier molecular flexibility index (Phi) is 6.69. The minimum absolute atomic E-state index is 0.170. The predicted octanol–water partition coefficient (Wildman–Crippen LogP) is 3.30. The van der Waals surface area contributed by atoms with Crippen LogP contribution in [-0.4, -0.2) is 42.3 Å². The Morgan fingerprint density at radius 2 is 1.95 bits per heavy atom. The number of nitrogens with one attached hydrogen (secondary N) is 1. The van der Waals surface area contributed by atoms with Gasteiger partial charge in [0.05, 0.1) is 0 Å². The summed E-state index contributed by atoms with van der Waals surface area (Å²) in [6.07, 6.45) is 3.21. The lowest BCUT2D eigenvalue weighted by Gasteiger charge is -2.34. The van der Waals surface area contributed by atoms with Crippen LogP contribution in [0.1, 0.15) is 38.7 Å². The normalized spacial score (nSPS) is 17.8. The maximum Gasteiger partial charge on any atom is 0.0451 e. The fourth-order valence-corrected chi connectivity index (χ4v) is 3.17. The molecule has 1 saturated heterocycles. The molecule has 4 heteroatoms. The van der Waals surface area contributed by atoms with E-state index in [2.05, 4.69) is 36.2 Å². The molecule has 1 fully saturated rings. The van der Waals surface area contributed by atoms with Gasteiger partial charge in [-0.15, -0.1) is 0 Å². The number of benzene rings is 1. The largest absolute Gasteiger partial charge is 0.396 e. The van der Waals surface area contributed by atoms with Gasteiger partial charge in [0, 0.05) is 30.8 Å². The first-order chi connectivity index (χ1) is 10.5. The summed E-state index contributed by atoms with van der Waals surface area (Å²) in [5.41, 5.74) is 1.39. The van der Waals surface area contributed by atoms with Crippen LogP contribution in [0.5, 0.6) is 0 Å². The van der Waals surface area contributed by atoms with E-state index in [9.17, 15) is 0 Å². The predicted molar refractivity (Wildman–Crippen MR) is 93.2 cm³/mol. The summed E-state index contributed by atoms with van der Waals surface area (Å²) in [7, 11) is 0. The van der Waals surface area contributed by atoms with Crippen molar-refractivity contribution in [2.24, 2.45) is 5.41 Å². The van der Waals surface area contributed by atoms with E-state index in [1.54, 1.807) is 0 Å². The van der Waals surface area contributed by atoms with E-state index in [4.69, 9.17) is 16.7 Å². The van der Waals surface area contributed by atoms with Crippen molar-refractivity contribution in [3.63, 3.8) is 0 Å². The van der Waals surface area contributed by atoms with Crippen molar-refractivity contribution in [3.8, 4) is 0 Å². The molecule has 1 heterocycles. The summed E-state index contributed by atoms with van der Waals surface area (Å²) in [6.45, 7) is 8.84. The molecule has 2 rings (SSSR count). The van der Waals surface area contributed by atoms with Gasteiger partial charge in [-0.2, -0.15) is 0 Å². The maximum atomic E-state index is 9.09. The Bertz CT molecular complexity index is 456. The third kappa shape index (κ3) is 5.54. The van der Waals surface area contributed by atoms with Gasteiger partial charge in [-0.05, 0) is 49.4 Å². The summed E-state index contributed by atoms with van der Waals surface area (Å²) in [5.74, 6) is 0. The Balaban J connectivity index is 1.73. The molecule has 1 aromatic rings. The van der Waals surface area contributed by atoms with Crippen LogP contribution < -0.4 is 5.32 Å². The van der Waals surface area contributed by atoms with Crippen LogP contribution in [0, 0.1) is 5.41 Å². The number of nitrogens with zero attached hydrogens (tertiary/aromatic N) is 1. The monoisotopic (exact) mass is 324 g/mol. The van der Waals surface area contributed by atoms with Crippen molar-refractivity contribution in [2.75, 3.05) is 26.2 Å². The fraction of sp³-hybridized carbons (Fsp3) is 0.667. The smallest absolute Gasteiger partial charge is 0.0451 e. The standard InChI is InChI=1S/C18H29ClN2O/c1-18(2,9-12-22)14-20-16-7-10-21(11-8-16)13-15-5-3-4-6-17(15)19/h3-6,16,20,22H,7-14H2,1-2H3. The molecule has 3 nitrogen and oxygen atoms in total. The van der Waals surface area contributed by atoms with Crippen molar-refractivity contribution in [1.29, 1.82) is 0 Å². The molecule has 0 radical (unpaired) electrons. The van der Waals surface area contributed by atoms with Crippen LogP contribution in [-0.2, 0) is 6.54 Å². The summed E-state index contributed by atoms with van der Waals surface area (Å²) in [4.78, 5) is 2.48. The molecule has 1 aliphatic heterocycles. The van der Waals surface area contributed by atoms with Gasteiger partial charge in [0.2, 0.25) is 0 Å². The highest BCUT2D eigenvalue weighted by molar-refractivity contribution is 6.31. The summed E-state index contributed by atoms with van der Waals surface area (Å²) >= 11 is 6.24. The number of hydrogen-bond donors (Lipinski definition) is 2. The zero-order valence-electron chi connectivity index (χ0n) is 13.8. The second-order valence-corrected chi connectivity index (χ2v) is 7.57. The number of hydrogen-bond acceptors (Lipinski definition) is 3. The molecule has 0 spiro atoms. The van der Waals surface area contributed by atoms with E-state index in [1.165, 1.54) is 18.4 Å². The lowest BCUT2D eigenvalue weighted by molar-refractivity contribution is 0.168. The third-order valence-electron chi connectivity index (χ3n) is 4.60. The van der Waals surface area contributed by atoms with Crippen LogP contribution in [0.15, 0.2) is 24.3 Å². The van der Waals surface area contributed by atoms with Crippen molar-refractivity contribution >= 4 is 11.6 Å².